The molecule has 0 spiro atoms. The first-order valence-corrected chi connectivity index (χ1v) is 7.43. The first-order valence-electron chi connectivity index (χ1n) is 7.43. The highest BCUT2D eigenvalue weighted by molar-refractivity contribution is 5.40. The summed E-state index contributed by atoms with van der Waals surface area (Å²) in [5.74, 6) is 1.72. The standard InChI is InChI=1S/C17H21F2NO4/c1-11-4-7-15(23-11)17(2,21)10-20-9-12-8-13(22-3)5-6-14(12)24-16(18)19/h4-8,16,20-21H,9-10H2,1-3H3. The monoisotopic (exact) mass is 341 g/mol. The number of ether oxygens (including phenoxy) is 2. The molecule has 1 atom stereocenters. The van der Waals surface area contributed by atoms with Gasteiger partial charge < -0.3 is 24.3 Å². The van der Waals surface area contributed by atoms with E-state index >= 15 is 0 Å². The van der Waals surface area contributed by atoms with E-state index < -0.39 is 12.2 Å². The molecule has 1 aromatic heterocycles. The maximum Gasteiger partial charge on any atom is 0.387 e. The Morgan fingerprint density at radius 1 is 1.29 bits per heavy atom. The molecule has 0 radical (unpaired) electrons. The molecule has 1 unspecified atom stereocenters. The predicted octanol–water partition coefficient (Wildman–Crippen LogP) is 3.20. The second-order valence-corrected chi connectivity index (χ2v) is 5.64. The Balaban J connectivity index is 2.05. The normalized spacial score (nSPS) is 13.8. The zero-order valence-corrected chi connectivity index (χ0v) is 13.8. The van der Waals surface area contributed by atoms with Gasteiger partial charge in [-0.15, -0.1) is 0 Å². The summed E-state index contributed by atoms with van der Waals surface area (Å²) in [6.45, 7) is 0.879. The minimum atomic E-state index is -2.91. The van der Waals surface area contributed by atoms with Gasteiger partial charge in [0.1, 0.15) is 28.6 Å². The van der Waals surface area contributed by atoms with Crippen molar-refractivity contribution in [2.45, 2.75) is 32.6 Å². The van der Waals surface area contributed by atoms with Crippen molar-refractivity contribution in [1.29, 1.82) is 0 Å². The third-order valence-corrected chi connectivity index (χ3v) is 3.54. The number of methoxy groups -OCH3 is 1. The van der Waals surface area contributed by atoms with Gasteiger partial charge in [-0.25, -0.2) is 0 Å². The highest BCUT2D eigenvalue weighted by Gasteiger charge is 2.26. The Hall–Kier alpha value is -2.12. The molecule has 0 amide bonds. The molecule has 0 aliphatic rings. The van der Waals surface area contributed by atoms with Crippen molar-refractivity contribution >= 4 is 0 Å². The number of hydrogen-bond donors (Lipinski definition) is 2. The number of halogens is 2. The summed E-state index contributed by atoms with van der Waals surface area (Å²) in [6.07, 6.45) is 0. The van der Waals surface area contributed by atoms with Crippen LogP contribution in [0.3, 0.4) is 0 Å². The fourth-order valence-electron chi connectivity index (χ4n) is 2.28. The molecule has 0 saturated heterocycles. The van der Waals surface area contributed by atoms with E-state index in [0.29, 0.717) is 22.8 Å². The molecule has 0 fully saturated rings. The Morgan fingerprint density at radius 3 is 2.62 bits per heavy atom. The third-order valence-electron chi connectivity index (χ3n) is 3.54. The molecule has 7 heteroatoms. The molecule has 5 nitrogen and oxygen atoms in total. The van der Waals surface area contributed by atoms with Crippen molar-refractivity contribution in [3.63, 3.8) is 0 Å². The van der Waals surface area contributed by atoms with Gasteiger partial charge >= 0.3 is 6.61 Å². The van der Waals surface area contributed by atoms with Crippen molar-refractivity contribution in [2.24, 2.45) is 0 Å². The van der Waals surface area contributed by atoms with Crippen molar-refractivity contribution in [1.82, 2.24) is 5.32 Å². The summed E-state index contributed by atoms with van der Waals surface area (Å²) in [5, 5.41) is 13.5. The van der Waals surface area contributed by atoms with Gasteiger partial charge in [0.25, 0.3) is 0 Å². The number of benzene rings is 1. The van der Waals surface area contributed by atoms with Crippen LogP contribution in [-0.2, 0) is 12.1 Å². The number of nitrogens with one attached hydrogen (secondary N) is 1. The average Bonchev–Trinajstić information content (AvgIpc) is 2.95. The predicted molar refractivity (Wildman–Crippen MR) is 84.3 cm³/mol. The first kappa shape index (κ1) is 18.2. The summed E-state index contributed by atoms with van der Waals surface area (Å²) in [6, 6.07) is 8.05. The molecule has 0 saturated carbocycles. The van der Waals surface area contributed by atoms with E-state index in [1.54, 1.807) is 38.1 Å². The van der Waals surface area contributed by atoms with Gasteiger partial charge in [0.15, 0.2) is 0 Å². The lowest BCUT2D eigenvalue weighted by Crippen LogP contribution is -2.34. The number of aliphatic hydroxyl groups is 1. The number of alkyl halides is 2. The summed E-state index contributed by atoms with van der Waals surface area (Å²) in [7, 11) is 1.49. The minimum Gasteiger partial charge on any atom is -0.497 e. The summed E-state index contributed by atoms with van der Waals surface area (Å²) in [4.78, 5) is 0. The van der Waals surface area contributed by atoms with Crippen LogP contribution < -0.4 is 14.8 Å². The number of furan rings is 1. The van der Waals surface area contributed by atoms with Gasteiger partial charge in [-0.1, -0.05) is 0 Å². The lowest BCUT2D eigenvalue weighted by molar-refractivity contribution is -0.0506. The van der Waals surface area contributed by atoms with Gasteiger partial charge in [-0.3, -0.25) is 0 Å². The fourth-order valence-corrected chi connectivity index (χ4v) is 2.28. The van der Waals surface area contributed by atoms with E-state index in [0.717, 1.165) is 0 Å². The molecule has 2 aromatic rings. The summed E-state index contributed by atoms with van der Waals surface area (Å²) < 4.78 is 40.0. The van der Waals surface area contributed by atoms with Crippen LogP contribution in [0.2, 0.25) is 0 Å². The van der Waals surface area contributed by atoms with Crippen LogP contribution in [0.1, 0.15) is 24.0 Å². The molecule has 0 bridgehead atoms. The Bertz CT molecular complexity index is 670. The van der Waals surface area contributed by atoms with E-state index in [9.17, 15) is 13.9 Å². The van der Waals surface area contributed by atoms with E-state index in [-0.39, 0.29) is 18.8 Å². The largest absolute Gasteiger partial charge is 0.497 e. The molecule has 0 aliphatic heterocycles. The van der Waals surface area contributed by atoms with Gasteiger partial charge in [-0.05, 0) is 44.2 Å². The number of rotatable bonds is 8. The number of hydrogen-bond acceptors (Lipinski definition) is 5. The summed E-state index contributed by atoms with van der Waals surface area (Å²) in [5.41, 5.74) is -0.724. The summed E-state index contributed by atoms with van der Waals surface area (Å²) >= 11 is 0. The topological polar surface area (TPSA) is 63.9 Å². The van der Waals surface area contributed by atoms with Crippen LogP contribution in [0, 0.1) is 6.92 Å². The van der Waals surface area contributed by atoms with Crippen LogP contribution in [0.25, 0.3) is 0 Å². The highest BCUT2D eigenvalue weighted by Crippen LogP contribution is 2.26. The maximum atomic E-state index is 12.5. The van der Waals surface area contributed by atoms with Crippen LogP contribution >= 0.6 is 0 Å². The van der Waals surface area contributed by atoms with E-state index in [2.05, 4.69) is 10.1 Å². The zero-order valence-electron chi connectivity index (χ0n) is 13.8. The Kier molecular flexibility index (Phi) is 5.80. The van der Waals surface area contributed by atoms with Crippen LogP contribution in [-0.4, -0.2) is 25.4 Å². The quantitative estimate of drug-likeness (QED) is 0.772. The second kappa shape index (κ2) is 7.63. The fraction of sp³-hybridized carbons (Fsp3) is 0.412. The lowest BCUT2D eigenvalue weighted by atomic mass is 10.0. The molecule has 0 aliphatic carbocycles. The van der Waals surface area contributed by atoms with Gasteiger partial charge in [-0.2, -0.15) is 8.78 Å². The molecule has 24 heavy (non-hydrogen) atoms. The molecule has 2 rings (SSSR count). The second-order valence-electron chi connectivity index (χ2n) is 5.64. The van der Waals surface area contributed by atoms with Crippen LogP contribution in [0.5, 0.6) is 11.5 Å². The SMILES string of the molecule is COc1ccc(OC(F)F)c(CNCC(C)(O)c2ccc(C)o2)c1. The van der Waals surface area contributed by atoms with E-state index in [1.807, 2.05) is 0 Å². The van der Waals surface area contributed by atoms with Gasteiger partial charge in [0, 0.05) is 18.7 Å². The van der Waals surface area contributed by atoms with E-state index in [4.69, 9.17) is 9.15 Å². The van der Waals surface area contributed by atoms with Crippen LogP contribution in [0.4, 0.5) is 8.78 Å². The molecular formula is C17H21F2NO4. The van der Waals surface area contributed by atoms with Crippen molar-refractivity contribution < 1.29 is 27.8 Å². The third kappa shape index (κ3) is 4.69. The molecule has 2 N–H and O–H groups in total. The zero-order chi connectivity index (χ0) is 17.7. The van der Waals surface area contributed by atoms with Gasteiger partial charge in [0.2, 0.25) is 0 Å². The Morgan fingerprint density at radius 2 is 2.04 bits per heavy atom. The number of aryl methyl sites for hydroxylation is 1. The van der Waals surface area contributed by atoms with Gasteiger partial charge in [0.05, 0.1) is 7.11 Å². The minimum absolute atomic E-state index is 0.0618. The average molecular weight is 341 g/mol. The van der Waals surface area contributed by atoms with Crippen molar-refractivity contribution in [2.75, 3.05) is 13.7 Å². The lowest BCUT2D eigenvalue weighted by Gasteiger charge is -2.22. The smallest absolute Gasteiger partial charge is 0.387 e. The molecule has 132 valence electrons. The van der Waals surface area contributed by atoms with E-state index in [1.165, 1.54) is 13.2 Å². The van der Waals surface area contributed by atoms with Crippen molar-refractivity contribution in [3.8, 4) is 11.5 Å². The molecular weight excluding hydrogens is 320 g/mol. The molecule has 1 heterocycles. The first-order chi connectivity index (χ1) is 11.3. The Labute approximate surface area is 139 Å². The van der Waals surface area contributed by atoms with Crippen LogP contribution in [0.15, 0.2) is 34.7 Å². The van der Waals surface area contributed by atoms with Crippen molar-refractivity contribution in [3.05, 3.63) is 47.4 Å². The molecule has 1 aromatic carbocycles. The maximum absolute atomic E-state index is 12.5. The highest BCUT2D eigenvalue weighted by atomic mass is 19.3.